The molecule has 1 atom stereocenters. The molecule has 3 heteroatoms. The molecule has 2 N–H and O–H groups in total. The Hall–Kier alpha value is -1.35. The maximum absolute atomic E-state index is 11.9. The molecule has 0 radical (unpaired) electrons. The first-order valence-corrected chi connectivity index (χ1v) is 6.58. The van der Waals surface area contributed by atoms with E-state index in [4.69, 9.17) is 0 Å². The summed E-state index contributed by atoms with van der Waals surface area (Å²) in [6, 6.07) is 8.55. The van der Waals surface area contributed by atoms with Crippen molar-refractivity contribution in [1.29, 1.82) is 0 Å². The Bertz CT molecular complexity index is 434. The summed E-state index contributed by atoms with van der Waals surface area (Å²) in [5, 5.41) is 6.31. The van der Waals surface area contributed by atoms with Gasteiger partial charge in [0, 0.05) is 5.54 Å². The monoisotopic (exact) mass is 246 g/mol. The fraction of sp³-hybridized carbons (Fsp3) is 0.533. The minimum atomic E-state index is -0.0229. The summed E-state index contributed by atoms with van der Waals surface area (Å²) in [4.78, 5) is 11.9. The zero-order chi connectivity index (χ0) is 13.2. The van der Waals surface area contributed by atoms with E-state index in [0.29, 0.717) is 6.54 Å². The molecule has 1 unspecified atom stereocenters. The summed E-state index contributed by atoms with van der Waals surface area (Å²) in [5.74, 6) is 0.0756. The van der Waals surface area contributed by atoms with Crippen LogP contribution >= 0.6 is 0 Å². The zero-order valence-corrected chi connectivity index (χ0v) is 11.4. The van der Waals surface area contributed by atoms with Gasteiger partial charge in [0.05, 0.1) is 12.6 Å². The lowest BCUT2D eigenvalue weighted by molar-refractivity contribution is -0.121. The Balaban J connectivity index is 1.90. The van der Waals surface area contributed by atoms with Gasteiger partial charge in [0.1, 0.15) is 0 Å². The Morgan fingerprint density at radius 3 is 2.78 bits per heavy atom. The van der Waals surface area contributed by atoms with Crippen LogP contribution in [0.1, 0.15) is 44.4 Å². The van der Waals surface area contributed by atoms with Gasteiger partial charge in [0.25, 0.3) is 0 Å². The molecule has 2 rings (SSSR count). The summed E-state index contributed by atoms with van der Waals surface area (Å²) in [7, 11) is 0. The fourth-order valence-electron chi connectivity index (χ4n) is 2.30. The highest BCUT2D eigenvalue weighted by molar-refractivity contribution is 5.78. The molecular formula is C15H22N2O. The lowest BCUT2D eigenvalue weighted by atomic mass is 10.1. The van der Waals surface area contributed by atoms with Gasteiger partial charge in [-0.2, -0.15) is 0 Å². The predicted molar refractivity (Wildman–Crippen MR) is 73.4 cm³/mol. The smallest absolute Gasteiger partial charge is 0.234 e. The Morgan fingerprint density at radius 2 is 2.06 bits per heavy atom. The van der Waals surface area contributed by atoms with Crippen molar-refractivity contribution in [2.45, 2.75) is 45.2 Å². The SMILES string of the molecule is CC(C)(C)NCC(=O)NC1CCc2ccccc21. The van der Waals surface area contributed by atoms with Crippen LogP contribution in [-0.2, 0) is 11.2 Å². The quantitative estimate of drug-likeness (QED) is 0.858. The minimum absolute atomic E-state index is 0.0229. The number of carbonyl (C=O) groups is 1. The molecule has 1 aliphatic carbocycles. The van der Waals surface area contributed by atoms with Crippen LogP contribution < -0.4 is 10.6 Å². The number of nitrogens with one attached hydrogen (secondary N) is 2. The van der Waals surface area contributed by atoms with Gasteiger partial charge >= 0.3 is 0 Å². The third kappa shape index (κ3) is 3.33. The standard InChI is InChI=1S/C15H22N2O/c1-15(2,3)16-10-14(18)17-13-9-8-11-6-4-5-7-12(11)13/h4-7,13,16H,8-10H2,1-3H3,(H,17,18). The molecule has 0 aromatic heterocycles. The normalized spacial score (nSPS) is 18.5. The van der Waals surface area contributed by atoms with Gasteiger partial charge < -0.3 is 10.6 Å². The summed E-state index contributed by atoms with van der Waals surface area (Å²) in [6.45, 7) is 6.56. The molecule has 0 saturated heterocycles. The Kier molecular flexibility index (Phi) is 3.71. The largest absolute Gasteiger partial charge is 0.348 e. The highest BCUT2D eigenvalue weighted by Gasteiger charge is 2.23. The van der Waals surface area contributed by atoms with Crippen molar-refractivity contribution in [3.05, 3.63) is 35.4 Å². The first-order valence-electron chi connectivity index (χ1n) is 6.58. The van der Waals surface area contributed by atoms with Gasteiger partial charge in [-0.05, 0) is 44.7 Å². The number of rotatable bonds is 3. The van der Waals surface area contributed by atoms with Gasteiger partial charge in [0.15, 0.2) is 0 Å². The van der Waals surface area contributed by atoms with E-state index in [-0.39, 0.29) is 17.5 Å². The second-order valence-corrected chi connectivity index (χ2v) is 5.96. The van der Waals surface area contributed by atoms with E-state index in [1.165, 1.54) is 11.1 Å². The van der Waals surface area contributed by atoms with Crippen molar-refractivity contribution in [3.63, 3.8) is 0 Å². The van der Waals surface area contributed by atoms with Crippen LogP contribution in [0.4, 0.5) is 0 Å². The van der Waals surface area contributed by atoms with E-state index >= 15 is 0 Å². The van der Waals surface area contributed by atoms with E-state index in [1.54, 1.807) is 0 Å². The van der Waals surface area contributed by atoms with E-state index < -0.39 is 0 Å². The molecule has 1 aromatic rings. The number of carbonyl (C=O) groups excluding carboxylic acids is 1. The molecule has 18 heavy (non-hydrogen) atoms. The molecule has 1 aromatic carbocycles. The van der Waals surface area contributed by atoms with Crippen molar-refractivity contribution in [3.8, 4) is 0 Å². The van der Waals surface area contributed by atoms with Gasteiger partial charge in [0.2, 0.25) is 5.91 Å². The van der Waals surface area contributed by atoms with E-state index in [0.717, 1.165) is 12.8 Å². The number of hydrogen-bond donors (Lipinski definition) is 2. The molecular weight excluding hydrogens is 224 g/mol. The van der Waals surface area contributed by atoms with Crippen LogP contribution in [0.15, 0.2) is 24.3 Å². The third-order valence-electron chi connectivity index (χ3n) is 3.25. The summed E-state index contributed by atoms with van der Waals surface area (Å²) >= 11 is 0. The number of hydrogen-bond acceptors (Lipinski definition) is 2. The number of fused-ring (bicyclic) bond motifs is 1. The molecule has 0 aliphatic heterocycles. The van der Waals surface area contributed by atoms with E-state index in [9.17, 15) is 4.79 Å². The van der Waals surface area contributed by atoms with Crippen LogP contribution in [-0.4, -0.2) is 18.0 Å². The topological polar surface area (TPSA) is 41.1 Å². The van der Waals surface area contributed by atoms with Crippen molar-refractivity contribution in [1.82, 2.24) is 10.6 Å². The van der Waals surface area contributed by atoms with Gasteiger partial charge in [-0.1, -0.05) is 24.3 Å². The van der Waals surface area contributed by atoms with Crippen LogP contribution in [0.3, 0.4) is 0 Å². The van der Waals surface area contributed by atoms with Crippen molar-refractivity contribution in [2.75, 3.05) is 6.54 Å². The van der Waals surface area contributed by atoms with Crippen LogP contribution in [0.2, 0.25) is 0 Å². The molecule has 3 nitrogen and oxygen atoms in total. The van der Waals surface area contributed by atoms with Gasteiger partial charge in [-0.3, -0.25) is 4.79 Å². The third-order valence-corrected chi connectivity index (χ3v) is 3.25. The average Bonchev–Trinajstić information content (AvgIpc) is 2.70. The maximum Gasteiger partial charge on any atom is 0.234 e. The Morgan fingerprint density at radius 1 is 1.33 bits per heavy atom. The second-order valence-electron chi connectivity index (χ2n) is 5.96. The maximum atomic E-state index is 11.9. The van der Waals surface area contributed by atoms with Gasteiger partial charge in [-0.15, -0.1) is 0 Å². The molecule has 1 aliphatic rings. The highest BCUT2D eigenvalue weighted by Crippen LogP contribution is 2.30. The highest BCUT2D eigenvalue weighted by atomic mass is 16.2. The number of aryl methyl sites for hydroxylation is 1. The van der Waals surface area contributed by atoms with E-state index in [2.05, 4.69) is 49.6 Å². The summed E-state index contributed by atoms with van der Waals surface area (Å²) in [5.41, 5.74) is 2.62. The molecule has 98 valence electrons. The van der Waals surface area contributed by atoms with Crippen molar-refractivity contribution < 1.29 is 4.79 Å². The first kappa shape index (κ1) is 13.1. The van der Waals surface area contributed by atoms with Crippen LogP contribution in [0.25, 0.3) is 0 Å². The molecule has 0 saturated carbocycles. The molecule has 0 heterocycles. The van der Waals surface area contributed by atoms with E-state index in [1.807, 2.05) is 6.07 Å². The predicted octanol–water partition coefficient (Wildman–Crippen LogP) is 2.18. The summed E-state index contributed by atoms with van der Waals surface area (Å²) < 4.78 is 0. The van der Waals surface area contributed by atoms with Crippen LogP contribution in [0, 0.1) is 0 Å². The lowest BCUT2D eigenvalue weighted by Crippen LogP contribution is -2.43. The number of benzene rings is 1. The molecule has 1 amide bonds. The average molecular weight is 246 g/mol. The summed E-state index contributed by atoms with van der Waals surface area (Å²) in [6.07, 6.45) is 2.08. The molecule has 0 fully saturated rings. The van der Waals surface area contributed by atoms with Crippen molar-refractivity contribution >= 4 is 5.91 Å². The molecule has 0 spiro atoms. The lowest BCUT2D eigenvalue weighted by Gasteiger charge is -2.21. The molecule has 0 bridgehead atoms. The van der Waals surface area contributed by atoms with Crippen LogP contribution in [0.5, 0.6) is 0 Å². The zero-order valence-electron chi connectivity index (χ0n) is 11.4. The fourth-order valence-corrected chi connectivity index (χ4v) is 2.30. The van der Waals surface area contributed by atoms with Crippen molar-refractivity contribution in [2.24, 2.45) is 0 Å². The minimum Gasteiger partial charge on any atom is -0.348 e. The van der Waals surface area contributed by atoms with Gasteiger partial charge in [-0.25, -0.2) is 0 Å². The number of amides is 1. The first-order chi connectivity index (χ1) is 8.46. The second kappa shape index (κ2) is 5.11. The Labute approximate surface area is 109 Å².